The molecule has 0 saturated carbocycles. The van der Waals surface area contributed by atoms with E-state index in [2.05, 4.69) is 74.9 Å². The molecule has 0 spiro atoms. The van der Waals surface area contributed by atoms with Crippen LogP contribution in [0.1, 0.15) is 44.0 Å². The first-order valence-electron chi connectivity index (χ1n) is 10.7. The normalized spacial score (nSPS) is 13.3. The van der Waals surface area contributed by atoms with Crippen LogP contribution >= 0.6 is 0 Å². The highest BCUT2D eigenvalue weighted by molar-refractivity contribution is 5.80. The summed E-state index contributed by atoms with van der Waals surface area (Å²) in [7, 11) is 0. The molecule has 0 bridgehead atoms. The van der Waals surface area contributed by atoms with Gasteiger partial charge in [-0.1, -0.05) is 68.8 Å². The zero-order valence-electron chi connectivity index (χ0n) is 17.9. The van der Waals surface area contributed by atoms with E-state index in [4.69, 9.17) is 5.73 Å². The fourth-order valence-corrected chi connectivity index (χ4v) is 3.99. The second kappa shape index (κ2) is 9.61. The highest BCUT2D eigenvalue weighted by Crippen LogP contribution is 2.31. The summed E-state index contributed by atoms with van der Waals surface area (Å²) >= 11 is 0. The predicted molar refractivity (Wildman–Crippen MR) is 120 cm³/mol. The van der Waals surface area contributed by atoms with Gasteiger partial charge in [-0.25, -0.2) is 14.8 Å². The molecule has 2 heterocycles. The van der Waals surface area contributed by atoms with Gasteiger partial charge in [0.2, 0.25) is 0 Å². The van der Waals surface area contributed by atoms with Gasteiger partial charge in [0.15, 0.2) is 5.82 Å². The first-order chi connectivity index (χ1) is 15.2. The molecular weight excluding hydrogens is 388 g/mol. The molecule has 0 amide bonds. The Balaban J connectivity index is 1.57. The van der Waals surface area contributed by atoms with Crippen molar-refractivity contribution < 1.29 is 0 Å². The van der Waals surface area contributed by atoms with Gasteiger partial charge in [0, 0.05) is 11.5 Å². The van der Waals surface area contributed by atoms with E-state index in [-0.39, 0.29) is 0 Å². The Labute approximate surface area is 181 Å². The largest absolute Gasteiger partial charge is 0.330 e. The second-order valence-electron chi connectivity index (χ2n) is 7.84. The number of aromatic nitrogens is 7. The molecule has 0 aliphatic carbocycles. The highest BCUT2D eigenvalue weighted by Gasteiger charge is 2.22. The molecule has 4 aromatic rings. The van der Waals surface area contributed by atoms with Gasteiger partial charge < -0.3 is 5.73 Å². The lowest BCUT2D eigenvalue weighted by Crippen LogP contribution is -2.19. The first-order valence-corrected chi connectivity index (χ1v) is 10.7. The van der Waals surface area contributed by atoms with Crippen LogP contribution < -0.4 is 5.73 Å². The van der Waals surface area contributed by atoms with E-state index >= 15 is 0 Å². The lowest BCUT2D eigenvalue weighted by atomic mass is 9.88. The number of benzene rings is 2. The summed E-state index contributed by atoms with van der Waals surface area (Å²) in [5.74, 6) is 2.50. The number of aromatic amines is 1. The third-order valence-electron chi connectivity index (χ3n) is 5.91. The molecule has 0 aliphatic rings. The highest BCUT2D eigenvalue weighted by atomic mass is 15.5. The fourth-order valence-electron chi connectivity index (χ4n) is 3.99. The quantitative estimate of drug-likeness (QED) is 0.431. The average Bonchev–Trinajstić information content (AvgIpc) is 3.50. The molecule has 4 rings (SSSR count). The van der Waals surface area contributed by atoms with Crippen molar-refractivity contribution in [2.75, 3.05) is 6.54 Å². The smallest absolute Gasteiger partial charge is 0.180 e. The number of rotatable bonds is 9. The van der Waals surface area contributed by atoms with Gasteiger partial charge in [-0.3, -0.25) is 0 Å². The molecule has 0 fully saturated rings. The zero-order chi connectivity index (χ0) is 21.6. The summed E-state index contributed by atoms with van der Waals surface area (Å²) < 4.78 is 2.01. The van der Waals surface area contributed by atoms with Crippen LogP contribution in [-0.4, -0.2) is 41.9 Å². The number of tetrazole rings is 1. The van der Waals surface area contributed by atoms with Gasteiger partial charge in [0.05, 0.1) is 6.54 Å². The summed E-state index contributed by atoms with van der Waals surface area (Å²) in [4.78, 5) is 4.58. The van der Waals surface area contributed by atoms with Crippen LogP contribution in [0.4, 0.5) is 0 Å². The number of nitrogens with zero attached hydrogens (tertiary/aromatic N) is 6. The standard InChI is InChI=1S/C23H28N8/c1-3-16(2)19(12-13-24)23-25-15-26-31(23)14-17-8-10-18(11-9-17)20-6-4-5-7-21(20)22-27-29-30-28-22/h4-11,15-16,19H,3,12-14,24H2,1-2H3,(H,27,28,29,30). The summed E-state index contributed by atoms with van der Waals surface area (Å²) in [6.45, 7) is 5.80. The number of nitrogens with two attached hydrogens (primary N) is 1. The first kappa shape index (κ1) is 20.9. The molecule has 8 heteroatoms. The van der Waals surface area contributed by atoms with E-state index < -0.39 is 0 Å². The molecule has 0 saturated heterocycles. The molecule has 2 unspecified atom stereocenters. The molecule has 31 heavy (non-hydrogen) atoms. The molecule has 8 nitrogen and oxygen atoms in total. The van der Waals surface area contributed by atoms with Crippen LogP contribution in [0.15, 0.2) is 54.9 Å². The minimum absolute atomic E-state index is 0.319. The summed E-state index contributed by atoms with van der Waals surface area (Å²) in [5.41, 5.74) is 10.2. The molecule has 160 valence electrons. The van der Waals surface area contributed by atoms with Crippen molar-refractivity contribution in [2.45, 2.75) is 39.2 Å². The van der Waals surface area contributed by atoms with Crippen molar-refractivity contribution >= 4 is 0 Å². The van der Waals surface area contributed by atoms with Gasteiger partial charge in [0.1, 0.15) is 12.2 Å². The predicted octanol–water partition coefficient (Wildman–Crippen LogP) is 3.65. The monoisotopic (exact) mass is 416 g/mol. The van der Waals surface area contributed by atoms with Gasteiger partial charge in [0.25, 0.3) is 0 Å². The SMILES string of the molecule is CCC(C)C(CCN)c1ncnn1Cc1ccc(-c2ccccc2-c2nnn[nH]2)cc1. The minimum atomic E-state index is 0.319. The van der Waals surface area contributed by atoms with Gasteiger partial charge >= 0.3 is 0 Å². The van der Waals surface area contributed by atoms with Crippen LogP contribution in [0.25, 0.3) is 22.5 Å². The van der Waals surface area contributed by atoms with Crippen LogP contribution in [0.3, 0.4) is 0 Å². The Morgan fingerprint density at radius 3 is 2.52 bits per heavy atom. The zero-order valence-corrected chi connectivity index (χ0v) is 17.9. The van der Waals surface area contributed by atoms with E-state index in [1.165, 1.54) is 5.56 Å². The lowest BCUT2D eigenvalue weighted by Gasteiger charge is -2.22. The van der Waals surface area contributed by atoms with Gasteiger partial charge in [-0.05, 0) is 46.0 Å². The molecule has 2 aromatic carbocycles. The van der Waals surface area contributed by atoms with Crippen molar-refractivity contribution in [2.24, 2.45) is 11.7 Å². The maximum Gasteiger partial charge on any atom is 0.180 e. The molecule has 2 aromatic heterocycles. The Kier molecular flexibility index (Phi) is 6.47. The van der Waals surface area contributed by atoms with E-state index in [9.17, 15) is 0 Å². The second-order valence-corrected chi connectivity index (χ2v) is 7.84. The summed E-state index contributed by atoms with van der Waals surface area (Å²) in [5, 5.41) is 18.8. The van der Waals surface area contributed by atoms with Gasteiger partial charge in [-0.15, -0.1) is 5.10 Å². The molecule has 0 aliphatic heterocycles. The summed E-state index contributed by atoms with van der Waals surface area (Å²) in [6, 6.07) is 16.6. The van der Waals surface area contributed by atoms with E-state index in [0.29, 0.717) is 30.7 Å². The topological polar surface area (TPSA) is 111 Å². The summed E-state index contributed by atoms with van der Waals surface area (Å²) in [6.07, 6.45) is 3.66. The third kappa shape index (κ3) is 4.54. The Morgan fingerprint density at radius 2 is 1.84 bits per heavy atom. The molecule has 2 atom stereocenters. The molecular formula is C23H28N8. The minimum Gasteiger partial charge on any atom is -0.330 e. The Morgan fingerprint density at radius 1 is 1.06 bits per heavy atom. The lowest BCUT2D eigenvalue weighted by molar-refractivity contribution is 0.393. The number of nitrogens with one attached hydrogen (secondary N) is 1. The maximum absolute atomic E-state index is 5.88. The van der Waals surface area contributed by atoms with Crippen molar-refractivity contribution in [3.8, 4) is 22.5 Å². The number of hydrogen-bond acceptors (Lipinski definition) is 6. The average molecular weight is 417 g/mol. The number of hydrogen-bond donors (Lipinski definition) is 2. The van der Waals surface area contributed by atoms with Crippen molar-refractivity contribution in [1.82, 2.24) is 35.4 Å². The molecule has 0 radical (unpaired) electrons. The third-order valence-corrected chi connectivity index (χ3v) is 5.91. The van der Waals surface area contributed by atoms with Crippen molar-refractivity contribution in [1.29, 1.82) is 0 Å². The Bertz CT molecular complexity index is 1080. The van der Waals surface area contributed by atoms with Crippen LogP contribution in [0.5, 0.6) is 0 Å². The van der Waals surface area contributed by atoms with Crippen molar-refractivity contribution in [3.05, 3.63) is 66.2 Å². The molecule has 3 N–H and O–H groups in total. The number of H-pyrrole nitrogens is 1. The fraction of sp³-hybridized carbons (Fsp3) is 0.348. The van der Waals surface area contributed by atoms with E-state index in [1.807, 2.05) is 22.9 Å². The van der Waals surface area contributed by atoms with E-state index in [1.54, 1.807) is 6.33 Å². The van der Waals surface area contributed by atoms with Crippen molar-refractivity contribution in [3.63, 3.8) is 0 Å². The van der Waals surface area contributed by atoms with Crippen LogP contribution in [0.2, 0.25) is 0 Å². The van der Waals surface area contributed by atoms with Crippen LogP contribution in [-0.2, 0) is 6.54 Å². The van der Waals surface area contributed by atoms with E-state index in [0.717, 1.165) is 35.4 Å². The van der Waals surface area contributed by atoms with Crippen LogP contribution in [0, 0.1) is 5.92 Å². The maximum atomic E-state index is 5.88. The van der Waals surface area contributed by atoms with Gasteiger partial charge in [-0.2, -0.15) is 5.10 Å². The Hall–Kier alpha value is -3.39.